The highest BCUT2D eigenvalue weighted by atomic mass is 32.1. The van der Waals surface area contributed by atoms with Gasteiger partial charge in [-0.25, -0.2) is 4.79 Å². The fourth-order valence-corrected chi connectivity index (χ4v) is 4.47. The lowest BCUT2D eigenvalue weighted by atomic mass is 9.94. The molecular formula is C23H24F3N5O3S. The lowest BCUT2D eigenvalue weighted by molar-refractivity contribution is -0.137. The molecule has 0 unspecified atom stereocenters. The molecule has 12 heteroatoms. The van der Waals surface area contributed by atoms with Gasteiger partial charge in [-0.1, -0.05) is 20.8 Å². The largest absolute Gasteiger partial charge is 0.418 e. The van der Waals surface area contributed by atoms with Crippen LogP contribution in [0.4, 0.5) is 28.7 Å². The Bertz CT molecular complexity index is 1190. The molecule has 8 nitrogen and oxygen atoms in total. The van der Waals surface area contributed by atoms with Gasteiger partial charge in [0.2, 0.25) is 5.91 Å². The second-order valence-corrected chi connectivity index (χ2v) is 10.00. The van der Waals surface area contributed by atoms with Crippen molar-refractivity contribution < 1.29 is 27.6 Å². The summed E-state index contributed by atoms with van der Waals surface area (Å²) in [6, 6.07) is 5.15. The molecule has 0 radical (unpaired) electrons. The van der Waals surface area contributed by atoms with Gasteiger partial charge < -0.3 is 15.5 Å². The van der Waals surface area contributed by atoms with Crippen LogP contribution in [0.15, 0.2) is 24.3 Å². The zero-order valence-electron chi connectivity index (χ0n) is 19.3. The Labute approximate surface area is 204 Å². The van der Waals surface area contributed by atoms with Crippen molar-refractivity contribution in [1.82, 2.24) is 10.2 Å². The first-order valence-corrected chi connectivity index (χ1v) is 11.5. The van der Waals surface area contributed by atoms with Gasteiger partial charge in [0.25, 0.3) is 5.91 Å². The van der Waals surface area contributed by atoms with E-state index < -0.39 is 29.4 Å². The number of anilines is 2. The number of carbonyl (C=O) groups is 3. The number of halogens is 3. The maximum atomic E-state index is 13.5. The minimum atomic E-state index is -4.79. The number of hydrogen-bond donors (Lipinski definition) is 3. The number of rotatable bonds is 3. The molecule has 1 aliphatic rings. The molecular weight excluding hydrogens is 483 g/mol. The molecule has 1 fully saturated rings. The van der Waals surface area contributed by atoms with Crippen LogP contribution < -0.4 is 16.0 Å². The van der Waals surface area contributed by atoms with Gasteiger partial charge in [0.15, 0.2) is 0 Å². The van der Waals surface area contributed by atoms with E-state index in [2.05, 4.69) is 16.0 Å². The van der Waals surface area contributed by atoms with Crippen molar-refractivity contribution in [2.75, 3.05) is 30.3 Å². The Balaban J connectivity index is 1.89. The average Bonchev–Trinajstić information content (AvgIpc) is 3.07. The summed E-state index contributed by atoms with van der Waals surface area (Å²) < 4.78 is 40.4. The van der Waals surface area contributed by atoms with Gasteiger partial charge in [0.05, 0.1) is 28.4 Å². The molecule has 0 atom stereocenters. The zero-order valence-corrected chi connectivity index (χ0v) is 20.1. The topological polar surface area (TPSA) is 114 Å². The lowest BCUT2D eigenvalue weighted by Crippen LogP contribution is -2.34. The van der Waals surface area contributed by atoms with Gasteiger partial charge in [0, 0.05) is 30.9 Å². The van der Waals surface area contributed by atoms with E-state index in [4.69, 9.17) is 5.26 Å². The minimum Gasteiger partial charge on any atom is -0.354 e. The number of benzene rings is 1. The van der Waals surface area contributed by atoms with Crippen molar-refractivity contribution in [3.63, 3.8) is 0 Å². The number of nitrogens with zero attached hydrogens (tertiary/aromatic N) is 2. The Morgan fingerprint density at radius 1 is 1.14 bits per heavy atom. The fraction of sp³-hybridized carbons (Fsp3) is 0.391. The van der Waals surface area contributed by atoms with E-state index in [0.717, 1.165) is 28.3 Å². The van der Waals surface area contributed by atoms with E-state index in [1.54, 1.807) is 12.1 Å². The third kappa shape index (κ3) is 6.30. The van der Waals surface area contributed by atoms with Gasteiger partial charge >= 0.3 is 12.2 Å². The molecule has 35 heavy (non-hydrogen) atoms. The molecule has 1 saturated heterocycles. The molecule has 0 saturated carbocycles. The molecule has 3 N–H and O–H groups in total. The van der Waals surface area contributed by atoms with Crippen LogP contribution in [-0.4, -0.2) is 42.4 Å². The molecule has 1 aromatic carbocycles. The summed E-state index contributed by atoms with van der Waals surface area (Å²) in [4.78, 5) is 39.9. The van der Waals surface area contributed by atoms with Crippen molar-refractivity contribution >= 4 is 39.9 Å². The van der Waals surface area contributed by atoms with Crippen LogP contribution in [0.5, 0.6) is 0 Å². The van der Waals surface area contributed by atoms with Gasteiger partial charge in [-0.15, -0.1) is 11.3 Å². The number of amides is 4. The summed E-state index contributed by atoms with van der Waals surface area (Å²) in [5.74, 6) is -0.556. The van der Waals surface area contributed by atoms with Crippen LogP contribution in [0, 0.1) is 11.3 Å². The molecule has 0 aliphatic carbocycles. The predicted octanol–water partition coefficient (Wildman–Crippen LogP) is 4.54. The minimum absolute atomic E-state index is 0.143. The molecule has 4 amide bonds. The first-order valence-electron chi connectivity index (χ1n) is 10.7. The fourth-order valence-electron chi connectivity index (χ4n) is 3.37. The van der Waals surface area contributed by atoms with Crippen molar-refractivity contribution in [3.8, 4) is 6.07 Å². The Kier molecular flexibility index (Phi) is 7.40. The van der Waals surface area contributed by atoms with Gasteiger partial charge in [-0.05, 0) is 29.7 Å². The number of hydrogen-bond acceptors (Lipinski definition) is 5. The number of nitriles is 1. The van der Waals surface area contributed by atoms with Crippen molar-refractivity contribution in [3.05, 3.63) is 45.8 Å². The maximum absolute atomic E-state index is 13.5. The second kappa shape index (κ2) is 9.95. The first-order chi connectivity index (χ1) is 16.3. The van der Waals surface area contributed by atoms with Gasteiger partial charge in [-0.3, -0.25) is 14.9 Å². The monoisotopic (exact) mass is 507 g/mol. The van der Waals surface area contributed by atoms with Crippen LogP contribution in [0.25, 0.3) is 0 Å². The van der Waals surface area contributed by atoms with E-state index in [0.29, 0.717) is 12.6 Å². The lowest BCUT2D eigenvalue weighted by Gasteiger charge is -2.20. The molecule has 1 aromatic heterocycles. The quantitative estimate of drug-likeness (QED) is 0.566. The highest BCUT2D eigenvalue weighted by Crippen LogP contribution is 2.38. The second-order valence-electron chi connectivity index (χ2n) is 8.94. The van der Waals surface area contributed by atoms with Crippen LogP contribution >= 0.6 is 11.3 Å². The summed E-state index contributed by atoms with van der Waals surface area (Å²) in [6.45, 7) is 6.57. The third-order valence-corrected chi connectivity index (χ3v) is 6.71. The SMILES string of the molecule is CC(C)(C)c1cc(C(=O)N2CCNC(=O)CC2)c(NC(=O)Nc2ccc(C#N)cc2C(F)(F)F)s1. The van der Waals surface area contributed by atoms with E-state index in [1.165, 1.54) is 4.90 Å². The highest BCUT2D eigenvalue weighted by Gasteiger charge is 2.35. The van der Waals surface area contributed by atoms with Crippen molar-refractivity contribution in [2.24, 2.45) is 0 Å². The number of nitrogens with one attached hydrogen (secondary N) is 3. The Hall–Kier alpha value is -3.59. The Morgan fingerprint density at radius 3 is 2.49 bits per heavy atom. The van der Waals surface area contributed by atoms with Crippen LogP contribution in [-0.2, 0) is 16.4 Å². The number of carbonyl (C=O) groups excluding carboxylic acids is 3. The normalized spacial score (nSPS) is 14.5. The smallest absolute Gasteiger partial charge is 0.354 e. The number of alkyl halides is 3. The molecule has 0 bridgehead atoms. The van der Waals surface area contributed by atoms with Crippen molar-refractivity contribution in [1.29, 1.82) is 5.26 Å². The third-order valence-electron chi connectivity index (χ3n) is 5.23. The van der Waals surface area contributed by atoms with E-state index in [-0.39, 0.29) is 47.0 Å². The summed E-state index contributed by atoms with van der Waals surface area (Å²) in [6.07, 6.45) is -4.65. The molecule has 3 rings (SSSR count). The van der Waals surface area contributed by atoms with E-state index >= 15 is 0 Å². The van der Waals surface area contributed by atoms with Crippen LogP contribution in [0.1, 0.15) is 53.6 Å². The van der Waals surface area contributed by atoms with Gasteiger partial charge in [-0.2, -0.15) is 18.4 Å². The zero-order chi connectivity index (χ0) is 26.0. The van der Waals surface area contributed by atoms with Crippen LogP contribution in [0.2, 0.25) is 0 Å². The molecule has 1 aliphatic heterocycles. The standard InChI is InChI=1S/C23H24F3N5O3S/c1-22(2,3)17-11-14(20(33)31-8-6-18(32)28-7-9-31)19(35-17)30-21(34)29-16-5-4-13(12-27)10-15(16)23(24,25)26/h4-5,10-11H,6-9H2,1-3H3,(H,28,32)(H2,29,30,34). The Morgan fingerprint density at radius 2 is 1.86 bits per heavy atom. The van der Waals surface area contributed by atoms with Gasteiger partial charge in [0.1, 0.15) is 5.00 Å². The van der Waals surface area contributed by atoms with Crippen LogP contribution in [0.3, 0.4) is 0 Å². The highest BCUT2D eigenvalue weighted by molar-refractivity contribution is 7.16. The first kappa shape index (κ1) is 26.0. The number of thiophene rings is 1. The molecule has 2 heterocycles. The number of urea groups is 1. The summed E-state index contributed by atoms with van der Waals surface area (Å²) >= 11 is 1.15. The summed E-state index contributed by atoms with van der Waals surface area (Å²) in [7, 11) is 0. The summed E-state index contributed by atoms with van der Waals surface area (Å²) in [5.41, 5.74) is -2.05. The average molecular weight is 508 g/mol. The molecule has 0 spiro atoms. The molecule has 186 valence electrons. The molecule has 2 aromatic rings. The van der Waals surface area contributed by atoms with E-state index in [1.807, 2.05) is 20.8 Å². The summed E-state index contributed by atoms with van der Waals surface area (Å²) in [5, 5.41) is 16.5. The van der Waals surface area contributed by atoms with Crippen molar-refractivity contribution in [2.45, 2.75) is 38.8 Å². The van der Waals surface area contributed by atoms with E-state index in [9.17, 15) is 27.6 Å². The maximum Gasteiger partial charge on any atom is 0.418 e. The predicted molar refractivity (Wildman–Crippen MR) is 125 cm³/mol.